The Bertz CT molecular complexity index is 1340. The molecular weight excluding hydrogens is 381 g/mol. The lowest BCUT2D eigenvalue weighted by molar-refractivity contribution is 0.561. The predicted molar refractivity (Wildman–Crippen MR) is 112 cm³/mol. The molecule has 0 saturated carbocycles. The summed E-state index contributed by atoms with van der Waals surface area (Å²) < 4.78 is 16.7. The number of hydrogen-bond donors (Lipinski definition) is 1. The first-order valence-electron chi connectivity index (χ1n) is 9.44. The van der Waals surface area contributed by atoms with Crippen molar-refractivity contribution in [3.8, 4) is 22.3 Å². The highest BCUT2D eigenvalue weighted by Gasteiger charge is 2.12. The van der Waals surface area contributed by atoms with Gasteiger partial charge in [0.05, 0.1) is 12.2 Å². The Morgan fingerprint density at radius 2 is 1.70 bits per heavy atom. The fourth-order valence-corrected chi connectivity index (χ4v) is 3.43. The molecule has 1 atom stereocenters. The maximum absolute atomic E-state index is 13.2. The number of benzene rings is 1. The Morgan fingerprint density at radius 3 is 2.50 bits per heavy atom. The fraction of sp³-hybridized carbons (Fsp3) is 0.0909. The molecule has 7 nitrogen and oxygen atoms in total. The molecule has 1 aromatic carbocycles. The van der Waals surface area contributed by atoms with E-state index in [0.29, 0.717) is 5.65 Å². The minimum absolute atomic E-state index is 0.0173. The van der Waals surface area contributed by atoms with Gasteiger partial charge in [-0.05, 0) is 48.4 Å². The highest BCUT2D eigenvalue weighted by molar-refractivity contribution is 5.73. The van der Waals surface area contributed by atoms with Crippen LogP contribution in [0, 0.1) is 5.82 Å². The van der Waals surface area contributed by atoms with Gasteiger partial charge in [0.15, 0.2) is 5.65 Å². The maximum atomic E-state index is 13.2. The summed E-state index contributed by atoms with van der Waals surface area (Å²) >= 11 is 0. The minimum atomic E-state index is -0.248. The summed E-state index contributed by atoms with van der Waals surface area (Å²) in [5.74, 6) is -0.0105. The number of hydrogen-bond acceptors (Lipinski definition) is 5. The first-order valence-corrected chi connectivity index (χ1v) is 9.44. The zero-order valence-electron chi connectivity index (χ0n) is 16.1. The van der Waals surface area contributed by atoms with Gasteiger partial charge in [-0.15, -0.1) is 5.10 Å². The van der Waals surface area contributed by atoms with E-state index in [2.05, 4.69) is 26.2 Å². The van der Waals surface area contributed by atoms with Gasteiger partial charge in [0.2, 0.25) is 5.95 Å². The summed E-state index contributed by atoms with van der Waals surface area (Å²) in [6, 6.07) is 12.4. The second-order valence-corrected chi connectivity index (χ2v) is 7.09. The second-order valence-electron chi connectivity index (χ2n) is 7.09. The molecule has 5 rings (SSSR count). The van der Waals surface area contributed by atoms with E-state index in [9.17, 15) is 4.39 Å². The van der Waals surface area contributed by atoms with Crippen LogP contribution in [0.15, 0.2) is 73.4 Å². The van der Waals surface area contributed by atoms with E-state index in [4.69, 9.17) is 5.73 Å². The molecule has 0 bridgehead atoms. The van der Waals surface area contributed by atoms with Crippen molar-refractivity contribution in [2.24, 2.45) is 0 Å². The summed E-state index contributed by atoms with van der Waals surface area (Å²) in [7, 11) is 0. The molecule has 2 N–H and O–H groups in total. The zero-order chi connectivity index (χ0) is 20.7. The van der Waals surface area contributed by atoms with Crippen molar-refractivity contribution in [1.82, 2.24) is 29.4 Å². The number of nitrogens with zero attached hydrogens (tertiary/aromatic N) is 6. The van der Waals surface area contributed by atoms with Crippen molar-refractivity contribution in [1.29, 1.82) is 0 Å². The van der Waals surface area contributed by atoms with Crippen LogP contribution in [0.1, 0.15) is 18.5 Å². The monoisotopic (exact) mass is 399 g/mol. The van der Waals surface area contributed by atoms with Crippen LogP contribution in [0.25, 0.3) is 27.9 Å². The number of nitrogen functional groups attached to an aromatic ring is 1. The van der Waals surface area contributed by atoms with E-state index in [1.807, 2.05) is 42.3 Å². The lowest BCUT2D eigenvalue weighted by Crippen LogP contribution is -2.06. The van der Waals surface area contributed by atoms with Gasteiger partial charge in [-0.25, -0.2) is 8.91 Å². The first kappa shape index (κ1) is 18.0. The van der Waals surface area contributed by atoms with Crippen molar-refractivity contribution in [3.63, 3.8) is 0 Å². The van der Waals surface area contributed by atoms with Gasteiger partial charge in [-0.2, -0.15) is 10.1 Å². The highest BCUT2D eigenvalue weighted by atomic mass is 19.1. The van der Waals surface area contributed by atoms with Crippen molar-refractivity contribution in [3.05, 3.63) is 84.8 Å². The summed E-state index contributed by atoms with van der Waals surface area (Å²) in [6.07, 6.45) is 9.21. The van der Waals surface area contributed by atoms with Crippen molar-refractivity contribution in [2.45, 2.75) is 13.0 Å². The van der Waals surface area contributed by atoms with E-state index in [1.54, 1.807) is 29.0 Å². The quantitative estimate of drug-likeness (QED) is 0.494. The summed E-state index contributed by atoms with van der Waals surface area (Å²) in [6.45, 7) is 2.03. The van der Waals surface area contributed by atoms with E-state index >= 15 is 0 Å². The van der Waals surface area contributed by atoms with E-state index < -0.39 is 0 Å². The number of pyridine rings is 2. The predicted octanol–water partition coefficient (Wildman–Crippen LogP) is 3.99. The number of halogens is 1. The van der Waals surface area contributed by atoms with Crippen LogP contribution in [0.5, 0.6) is 0 Å². The van der Waals surface area contributed by atoms with Gasteiger partial charge >= 0.3 is 0 Å². The summed E-state index contributed by atoms with van der Waals surface area (Å²) in [4.78, 5) is 8.61. The first-order chi connectivity index (χ1) is 14.6. The number of fused-ring (bicyclic) bond motifs is 1. The zero-order valence-corrected chi connectivity index (χ0v) is 16.1. The van der Waals surface area contributed by atoms with Crippen LogP contribution in [-0.4, -0.2) is 29.4 Å². The molecule has 0 saturated heterocycles. The molecular formula is C22H18FN7. The standard InChI is InChI=1S/C22H18FN7/c1-14(15-2-4-20(23)5-3-15)30-13-19(12-26-30)18-8-17(10-25-11-18)16-6-7-29-21(9-16)27-22(24)28-29/h2-14H,1H3,(H2,24,28)/t14-/m1/s1. The molecule has 148 valence electrons. The fourth-order valence-electron chi connectivity index (χ4n) is 3.43. The average molecular weight is 399 g/mol. The van der Waals surface area contributed by atoms with Crippen LogP contribution in [0.2, 0.25) is 0 Å². The van der Waals surface area contributed by atoms with Crippen LogP contribution in [0.3, 0.4) is 0 Å². The smallest absolute Gasteiger partial charge is 0.240 e. The van der Waals surface area contributed by atoms with Crippen molar-refractivity contribution in [2.75, 3.05) is 5.73 Å². The van der Waals surface area contributed by atoms with Crippen molar-refractivity contribution >= 4 is 11.6 Å². The lowest BCUT2D eigenvalue weighted by atomic mass is 10.0. The third kappa shape index (κ3) is 3.28. The third-order valence-corrected chi connectivity index (χ3v) is 5.11. The van der Waals surface area contributed by atoms with Crippen LogP contribution in [-0.2, 0) is 0 Å². The Labute approximate surface area is 171 Å². The molecule has 0 aliphatic rings. The van der Waals surface area contributed by atoms with Gasteiger partial charge in [-0.3, -0.25) is 9.67 Å². The molecule has 4 heterocycles. The molecule has 0 aliphatic carbocycles. The molecule has 30 heavy (non-hydrogen) atoms. The van der Waals surface area contributed by atoms with E-state index in [0.717, 1.165) is 27.8 Å². The highest BCUT2D eigenvalue weighted by Crippen LogP contribution is 2.27. The molecule has 0 amide bonds. The molecule has 4 aromatic heterocycles. The number of aromatic nitrogens is 6. The summed E-state index contributed by atoms with van der Waals surface area (Å²) in [5, 5.41) is 8.59. The Balaban J connectivity index is 1.46. The minimum Gasteiger partial charge on any atom is -0.366 e. The lowest BCUT2D eigenvalue weighted by Gasteiger charge is -2.12. The van der Waals surface area contributed by atoms with Crippen molar-refractivity contribution < 1.29 is 4.39 Å². The van der Waals surface area contributed by atoms with Gasteiger partial charge in [0, 0.05) is 41.5 Å². The number of rotatable bonds is 4. The maximum Gasteiger partial charge on any atom is 0.240 e. The molecule has 8 heteroatoms. The van der Waals surface area contributed by atoms with Gasteiger partial charge in [0.1, 0.15) is 5.82 Å². The molecule has 0 spiro atoms. The van der Waals surface area contributed by atoms with Crippen LogP contribution >= 0.6 is 0 Å². The normalized spacial score (nSPS) is 12.3. The SMILES string of the molecule is C[C@H](c1ccc(F)cc1)n1cc(-c2cncc(-c3ccn4nc(N)nc4c3)c2)cn1. The topological polar surface area (TPSA) is 86.9 Å². The summed E-state index contributed by atoms with van der Waals surface area (Å²) in [5.41, 5.74) is 11.2. The molecule has 5 aromatic rings. The van der Waals surface area contributed by atoms with Crippen LogP contribution < -0.4 is 5.73 Å². The van der Waals surface area contributed by atoms with Gasteiger partial charge in [-0.1, -0.05) is 12.1 Å². The molecule has 0 fully saturated rings. The molecule has 0 radical (unpaired) electrons. The molecule has 0 unspecified atom stereocenters. The van der Waals surface area contributed by atoms with E-state index in [1.165, 1.54) is 12.1 Å². The molecule has 0 aliphatic heterocycles. The van der Waals surface area contributed by atoms with Gasteiger partial charge < -0.3 is 5.73 Å². The Kier molecular flexibility index (Phi) is 4.24. The third-order valence-electron chi connectivity index (χ3n) is 5.11. The largest absolute Gasteiger partial charge is 0.366 e. The Hall–Kier alpha value is -4.07. The average Bonchev–Trinajstić information content (AvgIpc) is 3.39. The number of anilines is 1. The van der Waals surface area contributed by atoms with Gasteiger partial charge in [0.25, 0.3) is 0 Å². The second kappa shape index (κ2) is 7.07. The number of nitrogens with two attached hydrogens (primary N) is 1. The van der Waals surface area contributed by atoms with E-state index in [-0.39, 0.29) is 17.8 Å². The Morgan fingerprint density at radius 1 is 0.933 bits per heavy atom. The van der Waals surface area contributed by atoms with Crippen LogP contribution in [0.4, 0.5) is 10.3 Å².